The molecular weight excluding hydrogens is 570 g/mol. The van der Waals surface area contributed by atoms with Crippen molar-refractivity contribution in [3.63, 3.8) is 0 Å². The zero-order chi connectivity index (χ0) is 27.4. The van der Waals surface area contributed by atoms with Crippen LogP contribution < -0.4 is 9.47 Å². The van der Waals surface area contributed by atoms with Crippen molar-refractivity contribution in [1.29, 1.82) is 0 Å². The molecule has 0 radical (unpaired) electrons. The van der Waals surface area contributed by atoms with E-state index in [-0.39, 0.29) is 0 Å². The Bertz CT molecular complexity index is 1290. The lowest BCUT2D eigenvalue weighted by Gasteiger charge is -2.26. The molecule has 0 bridgehead atoms. The second-order valence-electron chi connectivity index (χ2n) is 10.2. The van der Waals surface area contributed by atoms with Crippen molar-refractivity contribution in [2.75, 3.05) is 52.5 Å². The molecule has 40 heavy (non-hydrogen) atoms. The molecule has 0 N–H and O–H groups in total. The minimum absolute atomic E-state index is 0.670. The van der Waals surface area contributed by atoms with Crippen LogP contribution in [0.25, 0.3) is 16.8 Å². The first-order valence-electron chi connectivity index (χ1n) is 14.3. The molecule has 9 nitrogen and oxygen atoms in total. The second-order valence-corrected chi connectivity index (χ2v) is 11.1. The normalized spacial score (nSPS) is 16.3. The van der Waals surface area contributed by atoms with E-state index in [1.54, 1.807) is 16.9 Å². The van der Waals surface area contributed by atoms with E-state index in [9.17, 15) is 0 Å². The molecular formula is C30H38BrN7O2. The number of nitrogens with zero attached hydrogens (tertiary/aromatic N) is 7. The largest absolute Gasteiger partial charge is 0.476 e. The number of pyridine rings is 2. The Labute approximate surface area is 244 Å². The highest BCUT2D eigenvalue weighted by Gasteiger charge is 2.11. The summed E-state index contributed by atoms with van der Waals surface area (Å²) in [6, 6.07) is 9.64. The maximum absolute atomic E-state index is 5.77. The van der Waals surface area contributed by atoms with E-state index in [0.29, 0.717) is 18.4 Å². The summed E-state index contributed by atoms with van der Waals surface area (Å²) in [6.07, 6.45) is 17.1. The average molecular weight is 609 g/mol. The van der Waals surface area contributed by atoms with Gasteiger partial charge in [0.15, 0.2) is 5.65 Å². The molecule has 6 heterocycles. The molecule has 212 valence electrons. The lowest BCUT2D eigenvalue weighted by Crippen LogP contribution is -2.33. The lowest BCUT2D eigenvalue weighted by molar-refractivity contribution is 0.180. The highest BCUT2D eigenvalue weighted by molar-refractivity contribution is 9.10. The zero-order valence-corrected chi connectivity index (χ0v) is 24.6. The highest BCUT2D eigenvalue weighted by Crippen LogP contribution is 2.20. The Kier molecular flexibility index (Phi) is 10.7. The van der Waals surface area contributed by atoms with Gasteiger partial charge < -0.3 is 9.47 Å². The van der Waals surface area contributed by atoms with Crippen molar-refractivity contribution in [2.45, 2.75) is 38.5 Å². The molecule has 0 unspecified atom stereocenters. The fraction of sp³-hybridized carbons (Fsp3) is 0.467. The fourth-order valence-electron chi connectivity index (χ4n) is 4.97. The maximum atomic E-state index is 5.77. The number of hydrogen-bond donors (Lipinski definition) is 0. The lowest BCUT2D eigenvalue weighted by atomic mass is 10.1. The second kappa shape index (κ2) is 15.1. The summed E-state index contributed by atoms with van der Waals surface area (Å²) in [5.41, 5.74) is 2.83. The molecule has 0 amide bonds. The van der Waals surface area contributed by atoms with Crippen molar-refractivity contribution in [3.05, 3.63) is 65.8 Å². The Morgan fingerprint density at radius 2 is 1.25 bits per heavy atom. The molecule has 2 fully saturated rings. The van der Waals surface area contributed by atoms with Gasteiger partial charge in [0.05, 0.1) is 6.20 Å². The summed E-state index contributed by atoms with van der Waals surface area (Å²) in [5.74, 6) is 1.38. The zero-order valence-electron chi connectivity index (χ0n) is 23.0. The number of ether oxygens (including phenoxy) is 2. The maximum Gasteiger partial charge on any atom is 0.213 e. The Morgan fingerprint density at radius 3 is 1.82 bits per heavy atom. The fourth-order valence-corrected chi connectivity index (χ4v) is 5.20. The van der Waals surface area contributed by atoms with Gasteiger partial charge in [0.1, 0.15) is 13.2 Å². The van der Waals surface area contributed by atoms with Crippen molar-refractivity contribution in [3.8, 4) is 22.9 Å². The predicted octanol–water partition coefficient (Wildman–Crippen LogP) is 5.36. The molecule has 2 saturated heterocycles. The van der Waals surface area contributed by atoms with Crippen molar-refractivity contribution in [2.24, 2.45) is 0 Å². The minimum atomic E-state index is 0.670. The third-order valence-corrected chi connectivity index (χ3v) is 7.70. The van der Waals surface area contributed by atoms with Crippen LogP contribution in [0.4, 0.5) is 0 Å². The van der Waals surface area contributed by atoms with E-state index in [1.165, 1.54) is 64.7 Å². The molecule has 0 atom stereocenters. The Balaban J connectivity index is 0.000000176. The van der Waals surface area contributed by atoms with Crippen LogP contribution in [0.3, 0.4) is 0 Å². The smallest absolute Gasteiger partial charge is 0.213 e. The van der Waals surface area contributed by atoms with Crippen LogP contribution in [-0.4, -0.2) is 86.8 Å². The standard InChI is InChI=1S/C18H21N5O.C12H17BrN2O/c1-2-8-22(9-3-1)10-11-24-18-5-4-15(12-20-18)16-13-19-17-6-7-21-23(17)14-16;13-11-4-5-12(14-10-11)16-9-8-15-6-2-1-3-7-15/h4-7,12-14H,1-3,8-11H2;4-5,10H,1-3,6-9H2. The average Bonchev–Trinajstić information content (AvgIpc) is 3.48. The SMILES string of the molecule is Brc1ccc(OCCN2CCCCC2)nc1.c1cc2ncc(-c3ccc(OCCN4CCCCC4)nc3)cn2n1. The van der Waals surface area contributed by atoms with Gasteiger partial charge in [0.25, 0.3) is 0 Å². The van der Waals surface area contributed by atoms with E-state index in [1.807, 2.05) is 48.9 Å². The number of piperidine rings is 2. The molecule has 2 aliphatic heterocycles. The van der Waals surface area contributed by atoms with Crippen molar-refractivity contribution in [1.82, 2.24) is 34.4 Å². The van der Waals surface area contributed by atoms with Gasteiger partial charge in [-0.15, -0.1) is 0 Å². The third-order valence-electron chi connectivity index (χ3n) is 7.23. The number of hydrogen-bond acceptors (Lipinski definition) is 8. The summed E-state index contributed by atoms with van der Waals surface area (Å²) in [6.45, 7) is 8.23. The van der Waals surface area contributed by atoms with Gasteiger partial charge in [-0.2, -0.15) is 5.10 Å². The number of likely N-dealkylation sites (tertiary alicyclic amines) is 2. The van der Waals surface area contributed by atoms with Gasteiger partial charge in [-0.25, -0.2) is 19.5 Å². The first-order chi connectivity index (χ1) is 19.7. The van der Waals surface area contributed by atoms with Gasteiger partial charge in [-0.1, -0.05) is 12.8 Å². The first-order valence-corrected chi connectivity index (χ1v) is 15.1. The Hall–Kier alpha value is -3.08. The van der Waals surface area contributed by atoms with E-state index in [0.717, 1.165) is 40.9 Å². The summed E-state index contributed by atoms with van der Waals surface area (Å²) >= 11 is 3.35. The molecule has 6 rings (SSSR count). The van der Waals surface area contributed by atoms with Gasteiger partial charge >= 0.3 is 0 Å². The number of halogens is 1. The number of aromatic nitrogens is 5. The van der Waals surface area contributed by atoms with Crippen molar-refractivity contribution >= 4 is 21.6 Å². The number of rotatable bonds is 9. The van der Waals surface area contributed by atoms with Crippen LogP contribution in [0.15, 0.2) is 65.8 Å². The third kappa shape index (κ3) is 8.71. The van der Waals surface area contributed by atoms with E-state index < -0.39 is 0 Å². The summed E-state index contributed by atoms with van der Waals surface area (Å²) in [5, 5.41) is 4.21. The number of fused-ring (bicyclic) bond motifs is 1. The van der Waals surface area contributed by atoms with Gasteiger partial charge in [-0.05, 0) is 79.9 Å². The van der Waals surface area contributed by atoms with Crippen LogP contribution >= 0.6 is 15.9 Å². The summed E-state index contributed by atoms with van der Waals surface area (Å²) < 4.78 is 14.1. The molecule has 2 aliphatic rings. The monoisotopic (exact) mass is 607 g/mol. The van der Waals surface area contributed by atoms with Gasteiger partial charge in [0.2, 0.25) is 11.8 Å². The van der Waals surface area contributed by atoms with E-state index in [2.05, 4.69) is 45.8 Å². The molecule has 4 aromatic heterocycles. The highest BCUT2D eigenvalue weighted by atomic mass is 79.9. The Morgan fingerprint density at radius 1 is 0.650 bits per heavy atom. The topological polar surface area (TPSA) is 80.9 Å². The van der Waals surface area contributed by atoms with Crippen LogP contribution in [-0.2, 0) is 0 Å². The van der Waals surface area contributed by atoms with Gasteiger partial charge in [0, 0.05) is 71.7 Å². The molecule has 0 saturated carbocycles. The first kappa shape index (κ1) is 28.4. The van der Waals surface area contributed by atoms with E-state index >= 15 is 0 Å². The molecule has 4 aromatic rings. The predicted molar refractivity (Wildman–Crippen MR) is 160 cm³/mol. The van der Waals surface area contributed by atoms with Crippen LogP contribution in [0.2, 0.25) is 0 Å². The van der Waals surface area contributed by atoms with Crippen LogP contribution in [0.5, 0.6) is 11.8 Å². The molecule has 0 aromatic carbocycles. The molecule has 10 heteroatoms. The van der Waals surface area contributed by atoms with E-state index in [4.69, 9.17) is 9.47 Å². The molecule has 0 spiro atoms. The quantitative estimate of drug-likeness (QED) is 0.251. The minimum Gasteiger partial charge on any atom is -0.476 e. The van der Waals surface area contributed by atoms with Gasteiger partial charge in [-0.3, -0.25) is 9.80 Å². The van der Waals surface area contributed by atoms with Crippen LogP contribution in [0, 0.1) is 0 Å². The summed E-state index contributed by atoms with van der Waals surface area (Å²) in [4.78, 5) is 17.9. The van der Waals surface area contributed by atoms with Crippen molar-refractivity contribution < 1.29 is 9.47 Å². The summed E-state index contributed by atoms with van der Waals surface area (Å²) in [7, 11) is 0. The van der Waals surface area contributed by atoms with Crippen LogP contribution in [0.1, 0.15) is 38.5 Å². The molecule has 0 aliphatic carbocycles.